The Labute approximate surface area is 104 Å². The van der Waals surface area contributed by atoms with Crippen LogP contribution in [0.2, 0.25) is 0 Å². The summed E-state index contributed by atoms with van der Waals surface area (Å²) in [4.78, 5) is 11.0. The lowest BCUT2D eigenvalue weighted by molar-refractivity contribution is -0.375. The summed E-state index contributed by atoms with van der Waals surface area (Å²) < 4.78 is 77.0. The largest absolute Gasteiger partial charge is 0.458 e. The first-order valence-electron chi connectivity index (χ1n) is 4.71. The number of carbonyl (C=O) groups is 1. The van der Waals surface area contributed by atoms with Crippen molar-refractivity contribution in [2.75, 3.05) is 6.61 Å². The van der Waals surface area contributed by atoms with Gasteiger partial charge in [-0.3, -0.25) is 0 Å². The zero-order valence-electron chi connectivity index (χ0n) is 9.60. The number of esters is 1. The summed E-state index contributed by atoms with van der Waals surface area (Å²) in [7, 11) is 0. The predicted octanol–water partition coefficient (Wildman–Crippen LogP) is 2.52. The molecule has 0 fully saturated rings. The van der Waals surface area contributed by atoms with E-state index in [0.717, 1.165) is 6.08 Å². The standard InChI is InChI=1S/C10H10F6O3/c1-3-4-6(2)7(17)19-5-8(18,9(11,12)13)10(14,15)16/h3-4,18H,2,5H2,1H3/b4-3-. The summed E-state index contributed by atoms with van der Waals surface area (Å²) in [6, 6.07) is 0. The first-order chi connectivity index (χ1) is 8.37. The van der Waals surface area contributed by atoms with Gasteiger partial charge < -0.3 is 9.84 Å². The third-order valence-corrected chi connectivity index (χ3v) is 1.98. The van der Waals surface area contributed by atoms with Crippen LogP contribution >= 0.6 is 0 Å². The van der Waals surface area contributed by atoms with Gasteiger partial charge >= 0.3 is 18.3 Å². The molecule has 0 aromatic heterocycles. The Hall–Kier alpha value is -1.51. The van der Waals surface area contributed by atoms with Crippen LogP contribution in [-0.2, 0) is 9.53 Å². The SMILES string of the molecule is C=C(/C=C\C)C(=O)OCC(O)(C(F)(F)F)C(F)(F)F. The number of alkyl halides is 6. The summed E-state index contributed by atoms with van der Waals surface area (Å²) in [6.45, 7) is 2.21. The lowest BCUT2D eigenvalue weighted by atomic mass is 10.0. The molecule has 9 heteroatoms. The maximum absolute atomic E-state index is 12.2. The number of ether oxygens (including phenoxy) is 1. The number of allylic oxidation sites excluding steroid dienone is 1. The molecule has 0 amide bonds. The zero-order chi connectivity index (χ0) is 15.5. The Morgan fingerprint density at radius 2 is 1.63 bits per heavy atom. The summed E-state index contributed by atoms with van der Waals surface area (Å²) in [6.07, 6.45) is -9.76. The van der Waals surface area contributed by atoms with Crippen molar-refractivity contribution in [3.63, 3.8) is 0 Å². The van der Waals surface area contributed by atoms with Crippen molar-refractivity contribution < 1.29 is 41.0 Å². The number of carbonyl (C=O) groups excluding carboxylic acids is 1. The molecular weight excluding hydrogens is 282 g/mol. The molecule has 0 bridgehead atoms. The lowest BCUT2D eigenvalue weighted by Crippen LogP contribution is -2.60. The second-order valence-electron chi connectivity index (χ2n) is 3.46. The van der Waals surface area contributed by atoms with Crippen molar-refractivity contribution in [1.29, 1.82) is 0 Å². The Bertz CT molecular complexity index is 366. The molecule has 0 rings (SSSR count). The normalized spacial score (nSPS) is 13.7. The van der Waals surface area contributed by atoms with E-state index in [1.807, 2.05) is 0 Å². The number of hydrogen-bond donors (Lipinski definition) is 1. The fraction of sp³-hybridized carbons (Fsp3) is 0.500. The van der Waals surface area contributed by atoms with Crippen LogP contribution in [0.5, 0.6) is 0 Å². The van der Waals surface area contributed by atoms with Crippen molar-refractivity contribution in [3.8, 4) is 0 Å². The van der Waals surface area contributed by atoms with E-state index < -0.39 is 36.1 Å². The van der Waals surface area contributed by atoms with E-state index >= 15 is 0 Å². The van der Waals surface area contributed by atoms with Crippen molar-refractivity contribution in [2.45, 2.75) is 24.9 Å². The van der Waals surface area contributed by atoms with Gasteiger partial charge in [-0.15, -0.1) is 0 Å². The highest BCUT2D eigenvalue weighted by Gasteiger charge is 2.71. The molecule has 3 nitrogen and oxygen atoms in total. The monoisotopic (exact) mass is 292 g/mol. The molecule has 19 heavy (non-hydrogen) atoms. The number of hydrogen-bond acceptors (Lipinski definition) is 3. The summed E-state index contributed by atoms with van der Waals surface area (Å²) >= 11 is 0. The molecule has 1 N–H and O–H groups in total. The Morgan fingerprint density at radius 1 is 1.21 bits per heavy atom. The van der Waals surface area contributed by atoms with Gasteiger partial charge in [0.2, 0.25) is 0 Å². The van der Waals surface area contributed by atoms with E-state index in [1.165, 1.54) is 13.0 Å². The predicted molar refractivity (Wildman–Crippen MR) is 52.0 cm³/mol. The second-order valence-corrected chi connectivity index (χ2v) is 3.46. The Balaban J connectivity index is 5.01. The highest BCUT2D eigenvalue weighted by molar-refractivity contribution is 5.90. The van der Waals surface area contributed by atoms with E-state index in [4.69, 9.17) is 5.11 Å². The van der Waals surface area contributed by atoms with Crippen molar-refractivity contribution >= 4 is 5.97 Å². The first-order valence-corrected chi connectivity index (χ1v) is 4.71. The van der Waals surface area contributed by atoms with Gasteiger partial charge in [-0.25, -0.2) is 4.79 Å². The number of aliphatic hydroxyl groups is 1. The summed E-state index contributed by atoms with van der Waals surface area (Å²) in [5, 5.41) is 8.67. The van der Waals surface area contributed by atoms with Crippen LogP contribution in [0.15, 0.2) is 24.3 Å². The quantitative estimate of drug-likeness (QED) is 0.375. The van der Waals surface area contributed by atoms with Gasteiger partial charge in [-0.2, -0.15) is 26.3 Å². The molecule has 0 spiro atoms. The molecule has 0 atom stereocenters. The van der Waals surface area contributed by atoms with Crippen molar-refractivity contribution in [1.82, 2.24) is 0 Å². The van der Waals surface area contributed by atoms with Gasteiger partial charge in [0.1, 0.15) is 6.61 Å². The molecule has 0 aliphatic heterocycles. The minimum Gasteiger partial charge on any atom is -0.458 e. The molecule has 110 valence electrons. The zero-order valence-corrected chi connectivity index (χ0v) is 9.60. The lowest BCUT2D eigenvalue weighted by Gasteiger charge is -2.31. The van der Waals surface area contributed by atoms with Crippen LogP contribution in [-0.4, -0.2) is 35.6 Å². The maximum Gasteiger partial charge on any atom is 0.429 e. The van der Waals surface area contributed by atoms with Gasteiger partial charge in [-0.1, -0.05) is 18.7 Å². The van der Waals surface area contributed by atoms with Crippen LogP contribution in [0.4, 0.5) is 26.3 Å². The third-order valence-electron chi connectivity index (χ3n) is 1.98. The van der Waals surface area contributed by atoms with Crippen LogP contribution in [0.3, 0.4) is 0 Å². The Morgan fingerprint density at radius 3 is 1.95 bits per heavy atom. The molecule has 0 saturated carbocycles. The average Bonchev–Trinajstić information content (AvgIpc) is 2.22. The van der Waals surface area contributed by atoms with E-state index in [9.17, 15) is 31.1 Å². The highest BCUT2D eigenvalue weighted by atomic mass is 19.4. The molecule has 0 radical (unpaired) electrons. The van der Waals surface area contributed by atoms with E-state index in [-0.39, 0.29) is 0 Å². The van der Waals surface area contributed by atoms with Crippen LogP contribution in [0.1, 0.15) is 6.92 Å². The smallest absolute Gasteiger partial charge is 0.429 e. The van der Waals surface area contributed by atoms with E-state index in [2.05, 4.69) is 11.3 Å². The number of rotatable bonds is 4. The van der Waals surface area contributed by atoms with Gasteiger partial charge in [0.15, 0.2) is 0 Å². The molecule has 0 heterocycles. The summed E-state index contributed by atoms with van der Waals surface area (Å²) in [5.41, 5.74) is -5.57. The van der Waals surface area contributed by atoms with Gasteiger partial charge in [0.25, 0.3) is 5.60 Å². The Kier molecular flexibility index (Phi) is 5.19. The van der Waals surface area contributed by atoms with E-state index in [0.29, 0.717) is 0 Å². The first kappa shape index (κ1) is 17.5. The summed E-state index contributed by atoms with van der Waals surface area (Å²) in [5.74, 6) is -1.50. The van der Waals surface area contributed by atoms with Gasteiger partial charge in [-0.05, 0) is 6.92 Å². The van der Waals surface area contributed by atoms with Crippen molar-refractivity contribution in [2.24, 2.45) is 0 Å². The maximum atomic E-state index is 12.2. The van der Waals surface area contributed by atoms with Crippen LogP contribution < -0.4 is 0 Å². The second kappa shape index (κ2) is 5.64. The van der Waals surface area contributed by atoms with Gasteiger partial charge in [0.05, 0.1) is 5.57 Å². The fourth-order valence-electron chi connectivity index (χ4n) is 0.856. The molecule has 0 aromatic rings. The molecule has 0 aliphatic rings. The molecular formula is C10H10F6O3. The molecule has 0 unspecified atom stereocenters. The molecule has 0 saturated heterocycles. The minimum absolute atomic E-state index is 0.450. The average molecular weight is 292 g/mol. The number of halogens is 6. The highest BCUT2D eigenvalue weighted by Crippen LogP contribution is 2.43. The van der Waals surface area contributed by atoms with Crippen LogP contribution in [0, 0.1) is 0 Å². The third kappa shape index (κ3) is 3.98. The van der Waals surface area contributed by atoms with Crippen molar-refractivity contribution in [3.05, 3.63) is 24.3 Å². The van der Waals surface area contributed by atoms with Gasteiger partial charge in [0, 0.05) is 0 Å². The topological polar surface area (TPSA) is 46.5 Å². The molecule has 0 aliphatic carbocycles. The van der Waals surface area contributed by atoms with Crippen LogP contribution in [0.25, 0.3) is 0 Å². The minimum atomic E-state index is -6.03. The fourth-order valence-corrected chi connectivity index (χ4v) is 0.856. The molecule has 0 aromatic carbocycles. The van der Waals surface area contributed by atoms with E-state index in [1.54, 1.807) is 0 Å².